The standard InChI is InChI=1S/C28H37N5O8/c1-17(2)12-22(26(39)40)32-27(41)28(16-34,19-6-4-3-5-7-19)33-24(37)15-30-23(36)14-31-25(38)21(29)13-18-8-10-20(35)11-9-18/h3-11,17,21-22,34-35H,12-16,29H2,1-2H3,(H,30,36)(H,31,38)(H,32,41)(H,33,37)(H,39,40)/t21-,22-,28-/m0/s1. The topological polar surface area (TPSA) is 220 Å². The van der Waals surface area contributed by atoms with E-state index in [4.69, 9.17) is 5.73 Å². The van der Waals surface area contributed by atoms with Crippen LogP contribution in [0.1, 0.15) is 31.4 Å². The van der Waals surface area contributed by atoms with Gasteiger partial charge in [0.15, 0.2) is 5.54 Å². The Morgan fingerprint density at radius 2 is 1.51 bits per heavy atom. The number of carbonyl (C=O) groups is 5. The zero-order chi connectivity index (χ0) is 30.6. The molecule has 0 saturated carbocycles. The van der Waals surface area contributed by atoms with Gasteiger partial charge in [0, 0.05) is 0 Å². The predicted octanol–water partition coefficient (Wildman–Crippen LogP) is -0.886. The molecule has 13 nitrogen and oxygen atoms in total. The monoisotopic (exact) mass is 571 g/mol. The third-order valence-electron chi connectivity index (χ3n) is 6.15. The Morgan fingerprint density at radius 1 is 0.902 bits per heavy atom. The highest BCUT2D eigenvalue weighted by Gasteiger charge is 2.43. The molecule has 3 atom stereocenters. The first-order chi connectivity index (χ1) is 19.4. The van der Waals surface area contributed by atoms with Crippen LogP contribution in [0.5, 0.6) is 5.75 Å². The van der Waals surface area contributed by atoms with E-state index >= 15 is 0 Å². The minimum absolute atomic E-state index is 0.0655. The first-order valence-electron chi connectivity index (χ1n) is 13.0. The molecule has 4 amide bonds. The second kappa shape index (κ2) is 15.3. The van der Waals surface area contributed by atoms with Gasteiger partial charge in [0.1, 0.15) is 11.8 Å². The zero-order valence-corrected chi connectivity index (χ0v) is 22.9. The van der Waals surface area contributed by atoms with E-state index in [0.717, 1.165) is 0 Å². The van der Waals surface area contributed by atoms with Crippen LogP contribution in [-0.2, 0) is 35.9 Å². The normalized spacial score (nSPS) is 13.8. The Kier molecular flexibility index (Phi) is 12.2. The molecule has 0 spiro atoms. The van der Waals surface area contributed by atoms with Crippen molar-refractivity contribution >= 4 is 29.6 Å². The fraction of sp³-hybridized carbons (Fsp3) is 0.393. The quantitative estimate of drug-likeness (QED) is 0.133. The van der Waals surface area contributed by atoms with Crippen LogP contribution in [0, 0.1) is 5.92 Å². The largest absolute Gasteiger partial charge is 0.508 e. The van der Waals surface area contributed by atoms with Crippen molar-refractivity contribution < 1.29 is 39.3 Å². The number of rotatable bonds is 15. The van der Waals surface area contributed by atoms with Crippen molar-refractivity contribution in [3.8, 4) is 5.75 Å². The molecule has 0 saturated heterocycles. The first kappa shape index (κ1) is 32.7. The molecular weight excluding hydrogens is 534 g/mol. The average molecular weight is 572 g/mol. The number of hydrogen-bond acceptors (Lipinski definition) is 8. The number of aliphatic hydroxyl groups excluding tert-OH is 1. The number of nitrogens with two attached hydrogens (primary N) is 1. The summed E-state index contributed by atoms with van der Waals surface area (Å²) in [6.45, 7) is 1.59. The van der Waals surface area contributed by atoms with E-state index in [-0.39, 0.29) is 30.1 Å². The van der Waals surface area contributed by atoms with E-state index in [2.05, 4.69) is 21.3 Å². The van der Waals surface area contributed by atoms with Crippen LogP contribution in [0.25, 0.3) is 0 Å². The van der Waals surface area contributed by atoms with E-state index in [1.54, 1.807) is 44.2 Å². The van der Waals surface area contributed by atoms with Crippen LogP contribution in [-0.4, -0.2) is 76.7 Å². The molecule has 13 heteroatoms. The lowest BCUT2D eigenvalue weighted by Gasteiger charge is -2.33. The number of aliphatic carboxylic acids is 1. The zero-order valence-electron chi connectivity index (χ0n) is 22.9. The maximum absolute atomic E-state index is 13.3. The molecule has 9 N–H and O–H groups in total. The van der Waals surface area contributed by atoms with Gasteiger partial charge in [0.05, 0.1) is 25.7 Å². The van der Waals surface area contributed by atoms with Crippen LogP contribution in [0.4, 0.5) is 0 Å². The maximum atomic E-state index is 13.3. The smallest absolute Gasteiger partial charge is 0.326 e. The first-order valence-corrected chi connectivity index (χ1v) is 13.0. The summed E-state index contributed by atoms with van der Waals surface area (Å²) in [7, 11) is 0. The Labute approximate surface area is 237 Å². The highest BCUT2D eigenvalue weighted by Crippen LogP contribution is 2.22. The summed E-state index contributed by atoms with van der Waals surface area (Å²) < 4.78 is 0. The molecule has 2 rings (SSSR count). The van der Waals surface area contributed by atoms with Gasteiger partial charge >= 0.3 is 5.97 Å². The van der Waals surface area contributed by atoms with Gasteiger partial charge in [-0.2, -0.15) is 0 Å². The molecule has 0 aliphatic heterocycles. The Bertz CT molecular complexity index is 1210. The molecule has 0 unspecified atom stereocenters. The molecule has 222 valence electrons. The summed E-state index contributed by atoms with van der Waals surface area (Å²) in [5.41, 5.74) is 4.74. The van der Waals surface area contributed by atoms with E-state index in [0.29, 0.717) is 5.56 Å². The molecule has 2 aromatic carbocycles. The van der Waals surface area contributed by atoms with Gasteiger partial charge in [-0.05, 0) is 42.0 Å². The van der Waals surface area contributed by atoms with Crippen molar-refractivity contribution in [1.82, 2.24) is 21.3 Å². The summed E-state index contributed by atoms with van der Waals surface area (Å²) in [6.07, 6.45) is 0.284. The number of carboxylic acids is 1. The predicted molar refractivity (Wildman–Crippen MR) is 148 cm³/mol. The molecule has 0 fully saturated rings. The number of aromatic hydroxyl groups is 1. The Hall–Kier alpha value is -4.49. The van der Waals surface area contributed by atoms with Crippen molar-refractivity contribution in [2.75, 3.05) is 19.7 Å². The van der Waals surface area contributed by atoms with Crippen molar-refractivity contribution in [1.29, 1.82) is 0 Å². The molecule has 0 aliphatic carbocycles. The number of nitrogens with one attached hydrogen (secondary N) is 4. The molecule has 0 aromatic heterocycles. The van der Waals surface area contributed by atoms with Crippen LogP contribution in [0.2, 0.25) is 0 Å². The number of carboxylic acid groups (broad SMARTS) is 1. The Balaban J connectivity index is 2.01. The lowest BCUT2D eigenvalue weighted by molar-refractivity contribution is -0.145. The molecule has 0 bridgehead atoms. The van der Waals surface area contributed by atoms with E-state index in [1.165, 1.54) is 24.3 Å². The van der Waals surface area contributed by atoms with Crippen LogP contribution in [0.15, 0.2) is 54.6 Å². The molecule has 2 aromatic rings. The molecule has 0 heterocycles. The number of hydrogen-bond donors (Lipinski definition) is 8. The number of phenolic OH excluding ortho intramolecular Hbond substituents is 1. The Morgan fingerprint density at radius 3 is 2.07 bits per heavy atom. The third kappa shape index (κ3) is 9.89. The number of aliphatic hydroxyl groups is 1. The summed E-state index contributed by atoms with van der Waals surface area (Å²) in [5.74, 6) is -4.37. The van der Waals surface area contributed by atoms with E-state index in [1.807, 2.05) is 0 Å². The van der Waals surface area contributed by atoms with Crippen molar-refractivity contribution in [3.63, 3.8) is 0 Å². The van der Waals surface area contributed by atoms with Gasteiger partial charge < -0.3 is 42.3 Å². The number of carbonyl (C=O) groups excluding carboxylic acids is 4. The highest BCUT2D eigenvalue weighted by atomic mass is 16.4. The SMILES string of the molecule is CC(C)C[C@H](NC(=O)[C@@](CO)(NC(=O)CNC(=O)CNC(=O)[C@@H](N)Cc1ccc(O)cc1)c1ccccc1)C(=O)O. The van der Waals surface area contributed by atoms with Crippen molar-refractivity contribution in [2.45, 2.75) is 44.3 Å². The van der Waals surface area contributed by atoms with Crippen molar-refractivity contribution in [2.24, 2.45) is 11.7 Å². The molecule has 0 aliphatic rings. The van der Waals surface area contributed by atoms with Crippen LogP contribution >= 0.6 is 0 Å². The number of phenols is 1. The van der Waals surface area contributed by atoms with Crippen LogP contribution in [0.3, 0.4) is 0 Å². The lowest BCUT2D eigenvalue weighted by atomic mass is 9.88. The van der Waals surface area contributed by atoms with Gasteiger partial charge in [0.25, 0.3) is 5.91 Å². The molecular formula is C28H37N5O8. The van der Waals surface area contributed by atoms with Gasteiger partial charge in [-0.1, -0.05) is 56.3 Å². The van der Waals surface area contributed by atoms with Gasteiger partial charge in [-0.25, -0.2) is 4.79 Å². The number of benzene rings is 2. The third-order valence-corrected chi connectivity index (χ3v) is 6.15. The molecule has 0 radical (unpaired) electrons. The average Bonchev–Trinajstić information content (AvgIpc) is 2.94. The van der Waals surface area contributed by atoms with Gasteiger partial charge in [0.2, 0.25) is 17.7 Å². The van der Waals surface area contributed by atoms with Crippen LogP contribution < -0.4 is 27.0 Å². The minimum atomic E-state index is -2.04. The lowest BCUT2D eigenvalue weighted by Crippen LogP contribution is -2.62. The second-order valence-electron chi connectivity index (χ2n) is 9.94. The second-order valence-corrected chi connectivity index (χ2v) is 9.94. The summed E-state index contributed by atoms with van der Waals surface area (Å²) in [5, 5.41) is 38.7. The maximum Gasteiger partial charge on any atom is 0.326 e. The fourth-order valence-electron chi connectivity index (χ4n) is 3.96. The summed E-state index contributed by atoms with van der Waals surface area (Å²) in [4.78, 5) is 62.4. The summed E-state index contributed by atoms with van der Waals surface area (Å²) >= 11 is 0. The minimum Gasteiger partial charge on any atom is -0.508 e. The van der Waals surface area contributed by atoms with Gasteiger partial charge in [-0.15, -0.1) is 0 Å². The van der Waals surface area contributed by atoms with E-state index < -0.39 is 66.9 Å². The van der Waals surface area contributed by atoms with Crippen molar-refractivity contribution in [3.05, 3.63) is 65.7 Å². The number of amides is 4. The van der Waals surface area contributed by atoms with E-state index in [9.17, 15) is 39.3 Å². The fourth-order valence-corrected chi connectivity index (χ4v) is 3.96. The highest BCUT2D eigenvalue weighted by molar-refractivity contribution is 5.96. The molecule has 41 heavy (non-hydrogen) atoms. The van der Waals surface area contributed by atoms with Gasteiger partial charge in [-0.3, -0.25) is 19.2 Å². The summed E-state index contributed by atoms with van der Waals surface area (Å²) in [6, 6.07) is 11.7.